The first-order chi connectivity index (χ1) is 11.8. The fraction of sp³-hybridized carbons (Fsp3) is 0.444. The smallest absolute Gasteiger partial charge is 0.229 e. The lowest BCUT2D eigenvalue weighted by molar-refractivity contribution is 0.181. The van der Waals surface area contributed by atoms with Gasteiger partial charge in [0.05, 0.1) is 12.3 Å². The van der Waals surface area contributed by atoms with Crippen LogP contribution in [0.2, 0.25) is 0 Å². The zero-order valence-electron chi connectivity index (χ0n) is 14.1. The Morgan fingerprint density at radius 2 is 2.12 bits per heavy atom. The lowest BCUT2D eigenvalue weighted by atomic mass is 10.00. The van der Waals surface area contributed by atoms with Crippen LogP contribution in [0.1, 0.15) is 18.5 Å². The summed E-state index contributed by atoms with van der Waals surface area (Å²) in [4.78, 5) is 9.10. The maximum absolute atomic E-state index is 5.23. The molecule has 0 radical (unpaired) electrons. The Hall–Kier alpha value is -2.18. The molecule has 1 atom stereocenters. The maximum Gasteiger partial charge on any atom is 0.229 e. The van der Waals surface area contributed by atoms with Gasteiger partial charge in [-0.15, -0.1) is 0 Å². The number of benzene rings is 1. The third kappa shape index (κ3) is 4.91. The first kappa shape index (κ1) is 16.7. The molecule has 128 valence electrons. The fourth-order valence-electron chi connectivity index (χ4n) is 2.86. The van der Waals surface area contributed by atoms with Crippen LogP contribution in [-0.2, 0) is 11.3 Å². The average molecular weight is 327 g/mol. The highest BCUT2D eigenvalue weighted by molar-refractivity contribution is 5.55. The third-order valence-electron chi connectivity index (χ3n) is 4.07. The second-order valence-corrected chi connectivity index (χ2v) is 6.09. The Balaban J connectivity index is 1.69. The molecule has 1 fully saturated rings. The molecule has 2 aromatic rings. The zero-order chi connectivity index (χ0) is 16.6. The molecule has 1 aliphatic rings. The second-order valence-electron chi connectivity index (χ2n) is 6.09. The van der Waals surface area contributed by atoms with E-state index in [9.17, 15) is 0 Å². The van der Waals surface area contributed by atoms with E-state index in [1.807, 2.05) is 36.4 Å². The number of hydrogen-bond donors (Lipinski definition) is 3. The van der Waals surface area contributed by atoms with Crippen LogP contribution in [0.25, 0.3) is 0 Å². The van der Waals surface area contributed by atoms with Gasteiger partial charge in [0.1, 0.15) is 5.82 Å². The largest absolute Gasteiger partial charge is 0.378 e. The molecule has 0 amide bonds. The topological polar surface area (TPSA) is 71.1 Å². The van der Waals surface area contributed by atoms with Crippen LogP contribution in [0.4, 0.5) is 17.5 Å². The first-order valence-electron chi connectivity index (χ1n) is 8.47. The van der Waals surface area contributed by atoms with Gasteiger partial charge in [-0.2, -0.15) is 4.98 Å². The predicted octanol–water partition coefficient (Wildman–Crippen LogP) is 2.78. The van der Waals surface area contributed by atoms with E-state index in [-0.39, 0.29) is 0 Å². The Morgan fingerprint density at radius 1 is 1.25 bits per heavy atom. The summed E-state index contributed by atoms with van der Waals surface area (Å²) in [5.41, 5.74) is 1.82. The highest BCUT2D eigenvalue weighted by Gasteiger charge is 2.13. The minimum Gasteiger partial charge on any atom is -0.378 e. The van der Waals surface area contributed by atoms with E-state index in [1.165, 1.54) is 12.8 Å². The monoisotopic (exact) mass is 327 g/mol. The van der Waals surface area contributed by atoms with Crippen LogP contribution in [0, 0.1) is 5.92 Å². The summed E-state index contributed by atoms with van der Waals surface area (Å²) < 4.78 is 5.23. The molecule has 2 heterocycles. The number of piperidine rings is 1. The Morgan fingerprint density at radius 3 is 2.88 bits per heavy atom. The number of para-hydroxylation sites is 1. The summed E-state index contributed by atoms with van der Waals surface area (Å²) in [6.45, 7) is 3.58. The van der Waals surface area contributed by atoms with Gasteiger partial charge in [0.2, 0.25) is 5.95 Å². The Kier molecular flexibility index (Phi) is 5.98. The molecule has 0 bridgehead atoms. The van der Waals surface area contributed by atoms with E-state index in [0.29, 0.717) is 18.5 Å². The van der Waals surface area contributed by atoms with E-state index >= 15 is 0 Å². The normalized spacial score (nSPS) is 17.5. The van der Waals surface area contributed by atoms with Crippen molar-refractivity contribution in [3.63, 3.8) is 0 Å². The summed E-state index contributed by atoms with van der Waals surface area (Å²) in [6, 6.07) is 11.9. The van der Waals surface area contributed by atoms with Crippen molar-refractivity contribution in [3.8, 4) is 0 Å². The molecule has 6 nitrogen and oxygen atoms in total. The van der Waals surface area contributed by atoms with E-state index in [2.05, 4.69) is 25.9 Å². The molecule has 6 heteroatoms. The van der Waals surface area contributed by atoms with Crippen molar-refractivity contribution in [1.29, 1.82) is 0 Å². The zero-order valence-corrected chi connectivity index (χ0v) is 14.1. The van der Waals surface area contributed by atoms with Crippen molar-refractivity contribution in [3.05, 3.63) is 42.1 Å². The van der Waals surface area contributed by atoms with Crippen molar-refractivity contribution < 1.29 is 4.74 Å². The number of aromatic nitrogens is 2. The van der Waals surface area contributed by atoms with Crippen molar-refractivity contribution in [2.75, 3.05) is 37.4 Å². The molecule has 1 saturated heterocycles. The van der Waals surface area contributed by atoms with Crippen LogP contribution >= 0.6 is 0 Å². The molecule has 0 saturated carbocycles. The molecule has 24 heavy (non-hydrogen) atoms. The first-order valence-corrected chi connectivity index (χ1v) is 8.47. The molecule has 1 aliphatic heterocycles. The number of nitrogens with zero attached hydrogens (tertiary/aromatic N) is 2. The minimum atomic E-state index is 0.464. The third-order valence-corrected chi connectivity index (χ3v) is 4.07. The molecule has 1 unspecified atom stereocenters. The van der Waals surface area contributed by atoms with Crippen LogP contribution in [0.15, 0.2) is 36.4 Å². The van der Waals surface area contributed by atoms with Gasteiger partial charge in [0.25, 0.3) is 0 Å². The quantitative estimate of drug-likeness (QED) is 0.726. The van der Waals surface area contributed by atoms with Crippen molar-refractivity contribution in [1.82, 2.24) is 15.3 Å². The SMILES string of the molecule is COCc1cc(NCC2CCCNC2)nc(Nc2ccccc2)n1. The second kappa shape index (κ2) is 8.61. The average Bonchev–Trinajstić information content (AvgIpc) is 2.62. The lowest BCUT2D eigenvalue weighted by Gasteiger charge is -2.23. The number of anilines is 3. The summed E-state index contributed by atoms with van der Waals surface area (Å²) >= 11 is 0. The van der Waals surface area contributed by atoms with Crippen LogP contribution in [0.3, 0.4) is 0 Å². The molecule has 0 aliphatic carbocycles. The van der Waals surface area contributed by atoms with Crippen molar-refractivity contribution >= 4 is 17.5 Å². The van der Waals surface area contributed by atoms with E-state index in [4.69, 9.17) is 4.74 Å². The summed E-state index contributed by atoms with van der Waals surface area (Å²) in [5, 5.41) is 10.1. The van der Waals surface area contributed by atoms with Gasteiger partial charge in [-0.3, -0.25) is 0 Å². The van der Waals surface area contributed by atoms with Gasteiger partial charge < -0.3 is 20.7 Å². The number of methoxy groups -OCH3 is 1. The van der Waals surface area contributed by atoms with E-state index < -0.39 is 0 Å². The van der Waals surface area contributed by atoms with Crippen LogP contribution in [0.5, 0.6) is 0 Å². The van der Waals surface area contributed by atoms with Crippen molar-refractivity contribution in [2.24, 2.45) is 5.92 Å². The lowest BCUT2D eigenvalue weighted by Crippen LogP contribution is -2.33. The number of rotatable bonds is 7. The summed E-state index contributed by atoms with van der Waals surface area (Å²) in [7, 11) is 1.67. The number of nitrogens with one attached hydrogen (secondary N) is 3. The molecular weight excluding hydrogens is 302 g/mol. The maximum atomic E-state index is 5.23. The van der Waals surface area contributed by atoms with Gasteiger partial charge in [-0.1, -0.05) is 18.2 Å². The molecule has 3 rings (SSSR count). The molecular formula is C18H25N5O. The Bertz CT molecular complexity index is 629. The summed E-state index contributed by atoms with van der Waals surface area (Å²) in [5.74, 6) is 2.06. The minimum absolute atomic E-state index is 0.464. The molecule has 3 N–H and O–H groups in total. The van der Waals surface area contributed by atoms with Crippen molar-refractivity contribution in [2.45, 2.75) is 19.4 Å². The standard InChI is InChI=1S/C18H25N5O/c1-24-13-16-10-17(20-12-14-6-5-9-19-11-14)23-18(22-16)21-15-7-3-2-4-8-15/h2-4,7-8,10,14,19H,5-6,9,11-13H2,1H3,(H2,20,21,22,23). The van der Waals surface area contributed by atoms with Gasteiger partial charge in [-0.25, -0.2) is 4.98 Å². The van der Waals surface area contributed by atoms with Gasteiger partial charge in [-0.05, 0) is 44.0 Å². The van der Waals surface area contributed by atoms with Crippen LogP contribution in [-0.4, -0.2) is 36.7 Å². The van der Waals surface area contributed by atoms with E-state index in [1.54, 1.807) is 7.11 Å². The molecule has 1 aromatic carbocycles. The number of hydrogen-bond acceptors (Lipinski definition) is 6. The number of ether oxygens (including phenoxy) is 1. The predicted molar refractivity (Wildman–Crippen MR) is 96.6 cm³/mol. The van der Waals surface area contributed by atoms with Gasteiger partial charge in [0.15, 0.2) is 0 Å². The van der Waals surface area contributed by atoms with Gasteiger partial charge in [0, 0.05) is 25.4 Å². The summed E-state index contributed by atoms with van der Waals surface area (Å²) in [6.07, 6.45) is 2.50. The Labute approximate surface area is 143 Å². The molecule has 1 aromatic heterocycles. The fourth-order valence-corrected chi connectivity index (χ4v) is 2.86. The molecule has 0 spiro atoms. The van der Waals surface area contributed by atoms with E-state index in [0.717, 1.165) is 36.8 Å². The van der Waals surface area contributed by atoms with Crippen LogP contribution < -0.4 is 16.0 Å². The highest BCUT2D eigenvalue weighted by atomic mass is 16.5. The highest BCUT2D eigenvalue weighted by Crippen LogP contribution is 2.17. The van der Waals surface area contributed by atoms with Gasteiger partial charge >= 0.3 is 0 Å².